The molecule has 2 aliphatic rings. The average Bonchev–Trinajstić information content (AvgIpc) is 2.74. The van der Waals surface area contributed by atoms with E-state index in [9.17, 15) is 5.11 Å². The van der Waals surface area contributed by atoms with E-state index >= 15 is 0 Å². The van der Waals surface area contributed by atoms with Crippen LogP contribution >= 0.6 is 45.6 Å². The third kappa shape index (κ3) is 6.24. The minimum absolute atomic E-state index is 0. The predicted molar refractivity (Wildman–Crippen MR) is 138 cm³/mol. The molecule has 2 aromatic carbocycles. The Morgan fingerprint density at radius 1 is 1.16 bits per heavy atom. The summed E-state index contributed by atoms with van der Waals surface area (Å²) < 4.78 is 6.40. The highest BCUT2D eigenvalue weighted by Gasteiger charge is 2.35. The van der Waals surface area contributed by atoms with Crippen molar-refractivity contribution < 1.29 is 9.84 Å². The smallest absolute Gasteiger partial charge is 0.122 e. The number of rotatable bonds is 5. The minimum Gasteiger partial charge on any atom is -0.507 e. The van der Waals surface area contributed by atoms with Gasteiger partial charge in [-0.05, 0) is 74.0 Å². The molecule has 0 amide bonds. The van der Waals surface area contributed by atoms with Gasteiger partial charge >= 0.3 is 0 Å². The number of phenols is 1. The summed E-state index contributed by atoms with van der Waals surface area (Å²) >= 11 is 6.10. The number of phenolic OH excluding ortho intramolecular Hbond substituents is 1. The van der Waals surface area contributed by atoms with Gasteiger partial charge in [0.05, 0.1) is 12.2 Å². The van der Waals surface area contributed by atoms with E-state index in [0.29, 0.717) is 18.2 Å². The molecule has 0 radical (unpaired) electrons. The van der Waals surface area contributed by atoms with Gasteiger partial charge in [0.1, 0.15) is 5.75 Å². The predicted octanol–water partition coefficient (Wildman–Crippen LogP) is 5.41. The van der Waals surface area contributed by atoms with E-state index in [4.69, 9.17) is 22.1 Å². The van der Waals surface area contributed by atoms with Gasteiger partial charge in [-0.1, -0.05) is 35.9 Å². The number of hydrogen-bond acceptors (Lipinski definition) is 4. The quantitative estimate of drug-likeness (QED) is 0.500. The zero-order valence-corrected chi connectivity index (χ0v) is 22.1. The molecule has 1 saturated heterocycles. The number of nitrogens with two attached hydrogens (primary N) is 1. The van der Waals surface area contributed by atoms with Gasteiger partial charge in [-0.2, -0.15) is 0 Å². The van der Waals surface area contributed by atoms with Crippen LogP contribution in [0.3, 0.4) is 0 Å². The highest BCUT2D eigenvalue weighted by Crippen LogP contribution is 2.40. The van der Waals surface area contributed by atoms with E-state index in [1.807, 2.05) is 25.1 Å². The molecule has 2 aliphatic heterocycles. The maximum absolute atomic E-state index is 10.6. The number of aryl methyl sites for hydroxylation is 1. The molecule has 0 saturated carbocycles. The Balaban J connectivity index is 0.00000171. The number of benzene rings is 2. The van der Waals surface area contributed by atoms with Crippen LogP contribution in [0.15, 0.2) is 36.4 Å². The number of ether oxygens (including phenoxy) is 1. The second kappa shape index (κ2) is 12.0. The van der Waals surface area contributed by atoms with E-state index < -0.39 is 0 Å². The third-order valence-electron chi connectivity index (χ3n) is 6.59. The molecule has 0 aliphatic carbocycles. The van der Waals surface area contributed by atoms with Gasteiger partial charge in [0.25, 0.3) is 0 Å². The number of fused-ring (bicyclic) bond motifs is 1. The zero-order chi connectivity index (χ0) is 20.4. The van der Waals surface area contributed by atoms with E-state index in [0.717, 1.165) is 67.0 Å². The Bertz CT molecular complexity index is 859. The van der Waals surface area contributed by atoms with Crippen LogP contribution < -0.4 is 5.73 Å². The minimum atomic E-state index is -0.115. The summed E-state index contributed by atoms with van der Waals surface area (Å²) in [5.74, 6) is 0.938. The lowest BCUT2D eigenvalue weighted by Gasteiger charge is -2.40. The highest BCUT2D eigenvalue weighted by molar-refractivity contribution is 8.93. The molecule has 0 spiro atoms. The van der Waals surface area contributed by atoms with Gasteiger partial charge in [0.2, 0.25) is 0 Å². The Kier molecular flexibility index (Phi) is 10.3. The molecule has 2 heterocycles. The van der Waals surface area contributed by atoms with Crippen molar-refractivity contribution in [1.82, 2.24) is 4.90 Å². The van der Waals surface area contributed by atoms with E-state index in [2.05, 4.69) is 23.1 Å². The van der Waals surface area contributed by atoms with Crippen LogP contribution in [0.5, 0.6) is 5.75 Å². The first-order valence-electron chi connectivity index (χ1n) is 10.7. The second-order valence-electron chi connectivity index (χ2n) is 8.46. The van der Waals surface area contributed by atoms with Crippen molar-refractivity contribution in [2.45, 2.75) is 44.8 Å². The number of nitrogens with zero attached hydrogens (tertiary/aromatic N) is 1. The molecule has 0 aromatic heterocycles. The molecule has 1 fully saturated rings. The summed E-state index contributed by atoms with van der Waals surface area (Å²) in [6.45, 7) is 5.64. The van der Waals surface area contributed by atoms with Crippen LogP contribution in [0.1, 0.15) is 41.2 Å². The van der Waals surface area contributed by atoms with Gasteiger partial charge in [0, 0.05) is 30.1 Å². The number of likely N-dealkylation sites (tertiary alicyclic amines) is 1. The Morgan fingerprint density at radius 3 is 2.58 bits per heavy atom. The molecule has 31 heavy (non-hydrogen) atoms. The summed E-state index contributed by atoms with van der Waals surface area (Å²) in [6.07, 6.45) is 4.08. The molecule has 0 unspecified atom stereocenters. The van der Waals surface area contributed by atoms with Gasteiger partial charge in [-0.15, -0.1) is 34.0 Å². The molecule has 7 heteroatoms. The molecule has 2 aromatic rings. The normalized spacial score (nSPS) is 21.6. The molecule has 3 N–H and O–H groups in total. The van der Waals surface area contributed by atoms with Gasteiger partial charge in [0.15, 0.2) is 0 Å². The van der Waals surface area contributed by atoms with Crippen LogP contribution in [-0.2, 0) is 17.6 Å². The average molecular weight is 577 g/mol. The third-order valence-corrected chi connectivity index (χ3v) is 6.82. The lowest BCUT2D eigenvalue weighted by molar-refractivity contribution is -0.0646. The first-order chi connectivity index (χ1) is 14.0. The van der Waals surface area contributed by atoms with E-state index in [1.54, 1.807) is 0 Å². The fourth-order valence-corrected chi connectivity index (χ4v) is 5.02. The fraction of sp³-hybridized carbons (Fsp3) is 0.500. The molecule has 4 nitrogen and oxygen atoms in total. The molecule has 0 bridgehead atoms. The Hall–Kier alpha value is -0.630. The van der Waals surface area contributed by atoms with Crippen molar-refractivity contribution in [2.24, 2.45) is 11.7 Å². The van der Waals surface area contributed by atoms with Crippen molar-refractivity contribution >= 4 is 45.6 Å². The largest absolute Gasteiger partial charge is 0.507 e. The molecule has 2 atom stereocenters. The zero-order valence-electron chi connectivity index (χ0n) is 17.9. The molecular formula is C24H33Br2ClN2O2. The fourth-order valence-electron chi connectivity index (χ4n) is 4.81. The lowest BCUT2D eigenvalue weighted by Crippen LogP contribution is -2.42. The van der Waals surface area contributed by atoms with Crippen LogP contribution in [0.2, 0.25) is 5.02 Å². The number of hydrogen-bond donors (Lipinski definition) is 2. The molecule has 4 rings (SSSR count). The monoisotopic (exact) mass is 574 g/mol. The summed E-state index contributed by atoms with van der Waals surface area (Å²) in [4.78, 5) is 2.54. The van der Waals surface area contributed by atoms with E-state index in [-0.39, 0.29) is 46.2 Å². The van der Waals surface area contributed by atoms with Gasteiger partial charge in [-0.3, -0.25) is 0 Å². The summed E-state index contributed by atoms with van der Waals surface area (Å²) in [5.41, 5.74) is 10.3. The number of aromatic hydroxyl groups is 1. The SMILES string of the molecule is Br.Br.Cc1ccc2c(c1O)C[C@@H](C1CCN(CCc3cccc(Cl)c3)CC1)O[C@H]2CN. The van der Waals surface area contributed by atoms with Crippen LogP contribution in [0.4, 0.5) is 0 Å². The number of piperidine rings is 1. The maximum atomic E-state index is 10.6. The number of halogens is 3. The second-order valence-corrected chi connectivity index (χ2v) is 8.90. The topological polar surface area (TPSA) is 58.7 Å². The summed E-state index contributed by atoms with van der Waals surface area (Å²) in [7, 11) is 0. The van der Waals surface area contributed by atoms with Crippen molar-refractivity contribution in [3.63, 3.8) is 0 Å². The van der Waals surface area contributed by atoms with Crippen molar-refractivity contribution in [1.29, 1.82) is 0 Å². The molecular weight excluding hydrogens is 544 g/mol. The summed E-state index contributed by atoms with van der Waals surface area (Å²) in [6, 6.07) is 12.2. The van der Waals surface area contributed by atoms with Gasteiger partial charge in [-0.25, -0.2) is 0 Å². The van der Waals surface area contributed by atoms with Crippen LogP contribution in [0.25, 0.3) is 0 Å². The Morgan fingerprint density at radius 2 is 1.90 bits per heavy atom. The van der Waals surface area contributed by atoms with Gasteiger partial charge < -0.3 is 20.5 Å². The first-order valence-corrected chi connectivity index (χ1v) is 11.1. The summed E-state index contributed by atoms with van der Waals surface area (Å²) in [5, 5.41) is 11.4. The highest BCUT2D eigenvalue weighted by atomic mass is 79.9. The van der Waals surface area contributed by atoms with E-state index in [1.165, 1.54) is 5.56 Å². The van der Waals surface area contributed by atoms with Crippen molar-refractivity contribution in [3.8, 4) is 5.75 Å². The van der Waals surface area contributed by atoms with Crippen molar-refractivity contribution in [2.75, 3.05) is 26.2 Å². The maximum Gasteiger partial charge on any atom is 0.122 e. The first kappa shape index (κ1) is 26.6. The lowest BCUT2D eigenvalue weighted by atomic mass is 9.83. The van der Waals surface area contributed by atoms with Crippen LogP contribution in [-0.4, -0.2) is 42.3 Å². The Labute approximate surface area is 211 Å². The molecule has 172 valence electrons. The standard InChI is InChI=1S/C24H31ClN2O2.2BrH/c1-16-5-6-20-21(24(16)28)14-22(29-23(20)15-26)18-8-11-27(12-9-18)10-7-17-3-2-4-19(25)13-17;;/h2-6,13,18,22-23,28H,7-12,14-15,26H2,1H3;2*1H/t22-,23-;;/m0../s1. The van der Waals surface area contributed by atoms with Crippen LogP contribution in [0, 0.1) is 12.8 Å². The van der Waals surface area contributed by atoms with Crippen molar-refractivity contribution in [3.05, 3.63) is 63.7 Å².